The fraction of sp³-hybridized carbons (Fsp3) is 0.367. The maximum atomic E-state index is 13.2. The molecule has 38 heavy (non-hydrogen) atoms. The lowest BCUT2D eigenvalue weighted by molar-refractivity contribution is -0.118. The number of para-hydroxylation sites is 1. The number of piperidine rings is 1. The SMILES string of the molecule is CN(C[C@@H](CCN1CCC2(CC1)CC(=O)Nc1ccccc12)c1cccc(Cl)c1)S(=O)(=O)c1ccccc1. The Morgan fingerprint density at radius 2 is 1.71 bits per heavy atom. The average Bonchev–Trinajstić information content (AvgIpc) is 2.92. The van der Waals surface area contributed by atoms with Gasteiger partial charge < -0.3 is 10.2 Å². The molecule has 8 heteroatoms. The van der Waals surface area contributed by atoms with Crippen LogP contribution in [-0.4, -0.2) is 56.8 Å². The third-order valence-electron chi connectivity index (χ3n) is 8.13. The Bertz CT molecular complexity index is 1390. The van der Waals surface area contributed by atoms with Gasteiger partial charge >= 0.3 is 0 Å². The molecule has 0 unspecified atom stereocenters. The number of carbonyl (C=O) groups excluding carboxylic acids is 1. The van der Waals surface area contributed by atoms with Crippen molar-refractivity contribution in [2.45, 2.75) is 41.9 Å². The number of carbonyl (C=O) groups is 1. The molecule has 3 aromatic carbocycles. The van der Waals surface area contributed by atoms with Gasteiger partial charge in [0.1, 0.15) is 0 Å². The van der Waals surface area contributed by atoms with Crippen molar-refractivity contribution in [1.29, 1.82) is 0 Å². The predicted octanol–water partition coefficient (Wildman–Crippen LogP) is 5.51. The second-order valence-corrected chi connectivity index (χ2v) is 13.0. The summed E-state index contributed by atoms with van der Waals surface area (Å²) in [6, 6.07) is 24.5. The number of halogens is 1. The van der Waals surface area contributed by atoms with Crippen molar-refractivity contribution >= 4 is 33.2 Å². The van der Waals surface area contributed by atoms with Crippen molar-refractivity contribution in [3.05, 3.63) is 95.0 Å². The van der Waals surface area contributed by atoms with E-state index in [4.69, 9.17) is 11.6 Å². The second-order valence-electron chi connectivity index (χ2n) is 10.5. The summed E-state index contributed by atoms with van der Waals surface area (Å²) in [5.74, 6) is 0.0927. The largest absolute Gasteiger partial charge is 0.326 e. The van der Waals surface area contributed by atoms with Gasteiger partial charge in [0.2, 0.25) is 15.9 Å². The zero-order valence-corrected chi connectivity index (χ0v) is 23.2. The van der Waals surface area contributed by atoms with E-state index in [-0.39, 0.29) is 17.2 Å². The van der Waals surface area contributed by atoms with Crippen LogP contribution < -0.4 is 5.32 Å². The number of sulfonamides is 1. The van der Waals surface area contributed by atoms with Crippen LogP contribution in [-0.2, 0) is 20.2 Å². The van der Waals surface area contributed by atoms with Crippen LogP contribution in [0.4, 0.5) is 5.69 Å². The Morgan fingerprint density at radius 3 is 2.45 bits per heavy atom. The number of nitrogens with zero attached hydrogens (tertiary/aromatic N) is 2. The van der Waals surface area contributed by atoms with Crippen molar-refractivity contribution in [2.24, 2.45) is 0 Å². The third kappa shape index (κ3) is 5.66. The van der Waals surface area contributed by atoms with Crippen LogP contribution in [0.5, 0.6) is 0 Å². The van der Waals surface area contributed by atoms with Gasteiger partial charge in [-0.3, -0.25) is 4.79 Å². The van der Waals surface area contributed by atoms with Gasteiger partial charge in [-0.25, -0.2) is 12.7 Å². The van der Waals surface area contributed by atoms with Gasteiger partial charge in [-0.2, -0.15) is 0 Å². The summed E-state index contributed by atoms with van der Waals surface area (Å²) in [5, 5.41) is 3.68. The molecule has 2 aliphatic heterocycles. The quantitative estimate of drug-likeness (QED) is 0.401. The molecule has 6 nitrogen and oxygen atoms in total. The Kier molecular flexibility index (Phi) is 7.91. The molecule has 0 saturated carbocycles. The van der Waals surface area contributed by atoms with Crippen molar-refractivity contribution in [1.82, 2.24) is 9.21 Å². The molecular weight excluding hydrogens is 518 g/mol. The van der Waals surface area contributed by atoms with Gasteiger partial charge in [0.05, 0.1) is 4.90 Å². The van der Waals surface area contributed by atoms with E-state index in [1.54, 1.807) is 31.3 Å². The van der Waals surface area contributed by atoms with Crippen LogP contribution in [0.2, 0.25) is 5.02 Å². The third-order valence-corrected chi connectivity index (χ3v) is 10.2. The van der Waals surface area contributed by atoms with Gasteiger partial charge in [0.25, 0.3) is 0 Å². The molecular formula is C30H34ClN3O3S. The molecule has 1 atom stereocenters. The zero-order valence-electron chi connectivity index (χ0n) is 21.6. The van der Waals surface area contributed by atoms with Crippen LogP contribution in [0.15, 0.2) is 83.8 Å². The van der Waals surface area contributed by atoms with E-state index in [1.807, 2.05) is 42.5 Å². The van der Waals surface area contributed by atoms with Crippen molar-refractivity contribution in [2.75, 3.05) is 38.5 Å². The Labute approximate surface area is 230 Å². The monoisotopic (exact) mass is 551 g/mol. The lowest BCUT2D eigenvalue weighted by Crippen LogP contribution is -2.47. The number of likely N-dealkylation sites (tertiary alicyclic amines) is 1. The highest BCUT2D eigenvalue weighted by atomic mass is 35.5. The molecule has 0 radical (unpaired) electrons. The molecule has 1 saturated heterocycles. The number of hydrogen-bond acceptors (Lipinski definition) is 4. The number of hydrogen-bond donors (Lipinski definition) is 1. The summed E-state index contributed by atoms with van der Waals surface area (Å²) in [6.45, 7) is 3.02. The number of amides is 1. The molecule has 0 bridgehead atoms. The molecule has 5 rings (SSSR count). The Morgan fingerprint density at radius 1 is 1.00 bits per heavy atom. The summed E-state index contributed by atoms with van der Waals surface area (Å²) in [7, 11) is -1.95. The molecule has 2 heterocycles. The van der Waals surface area contributed by atoms with Crippen LogP contribution in [0.3, 0.4) is 0 Å². The number of anilines is 1. The number of rotatable bonds is 8. The van der Waals surface area contributed by atoms with Crippen LogP contribution in [0.25, 0.3) is 0 Å². The first-order valence-electron chi connectivity index (χ1n) is 13.2. The molecule has 3 aromatic rings. The first kappa shape index (κ1) is 26.9. The molecule has 1 fully saturated rings. The summed E-state index contributed by atoms with van der Waals surface area (Å²) < 4.78 is 27.9. The minimum Gasteiger partial charge on any atom is -0.326 e. The summed E-state index contributed by atoms with van der Waals surface area (Å²) in [6.07, 6.45) is 3.20. The zero-order chi connectivity index (χ0) is 26.8. The van der Waals surface area contributed by atoms with Gasteiger partial charge in [0, 0.05) is 36.1 Å². The van der Waals surface area contributed by atoms with E-state index in [2.05, 4.69) is 22.3 Å². The van der Waals surface area contributed by atoms with Crippen LogP contribution in [0, 0.1) is 0 Å². The molecule has 1 N–H and O–H groups in total. The van der Waals surface area contributed by atoms with Crippen LogP contribution >= 0.6 is 11.6 Å². The summed E-state index contributed by atoms with van der Waals surface area (Å²) >= 11 is 6.32. The maximum absolute atomic E-state index is 13.2. The molecule has 1 spiro atoms. The number of benzene rings is 3. The molecule has 200 valence electrons. The second kappa shape index (κ2) is 11.2. The van der Waals surface area contributed by atoms with E-state index in [1.165, 1.54) is 9.87 Å². The Hall–Kier alpha value is -2.71. The topological polar surface area (TPSA) is 69.7 Å². The molecule has 0 aromatic heterocycles. The fourth-order valence-corrected chi connectivity index (χ4v) is 7.38. The van der Waals surface area contributed by atoms with Gasteiger partial charge in [-0.15, -0.1) is 0 Å². The van der Waals surface area contributed by atoms with Crippen molar-refractivity contribution < 1.29 is 13.2 Å². The van der Waals surface area contributed by atoms with E-state index in [9.17, 15) is 13.2 Å². The Balaban J connectivity index is 1.28. The lowest BCUT2D eigenvalue weighted by Gasteiger charge is -2.45. The standard InChI is InChI=1S/C30H34ClN3O3S/c1-33(38(36,37)26-10-3-2-4-11-26)22-24(23-8-7-9-25(31)20-23)14-17-34-18-15-30(16-19-34)21-29(35)32-28-13-6-5-12-27(28)30/h2-13,20,24H,14-19,21-22H2,1H3,(H,32,35)/t24-/m1/s1. The minimum absolute atomic E-state index is 0.00532. The minimum atomic E-state index is -3.60. The van der Waals surface area contributed by atoms with Gasteiger partial charge in [0.15, 0.2) is 0 Å². The highest BCUT2D eigenvalue weighted by Crippen LogP contribution is 2.45. The molecule has 2 aliphatic rings. The fourth-order valence-electron chi connectivity index (χ4n) is 5.95. The van der Waals surface area contributed by atoms with Crippen LogP contribution in [0.1, 0.15) is 42.7 Å². The van der Waals surface area contributed by atoms with E-state index in [0.717, 1.165) is 50.1 Å². The van der Waals surface area contributed by atoms with Crippen molar-refractivity contribution in [3.63, 3.8) is 0 Å². The highest BCUT2D eigenvalue weighted by Gasteiger charge is 2.42. The van der Waals surface area contributed by atoms with E-state index < -0.39 is 10.0 Å². The van der Waals surface area contributed by atoms with Crippen molar-refractivity contribution in [3.8, 4) is 0 Å². The molecule has 1 amide bonds. The first-order valence-corrected chi connectivity index (χ1v) is 15.0. The highest BCUT2D eigenvalue weighted by molar-refractivity contribution is 7.89. The predicted molar refractivity (Wildman–Crippen MR) is 152 cm³/mol. The maximum Gasteiger partial charge on any atom is 0.242 e. The first-order chi connectivity index (χ1) is 18.3. The van der Waals surface area contributed by atoms with Gasteiger partial charge in [-0.05, 0) is 86.3 Å². The number of fused-ring (bicyclic) bond motifs is 2. The lowest BCUT2D eigenvalue weighted by atomic mass is 9.68. The number of likely N-dealkylation sites (N-methyl/N-ethyl adjacent to an activating group) is 1. The normalized spacial score (nSPS) is 18.2. The smallest absolute Gasteiger partial charge is 0.242 e. The van der Waals surface area contributed by atoms with Gasteiger partial charge in [-0.1, -0.05) is 60.1 Å². The number of nitrogens with one attached hydrogen (secondary N) is 1. The summed E-state index contributed by atoms with van der Waals surface area (Å²) in [4.78, 5) is 15.2. The molecule has 0 aliphatic carbocycles. The summed E-state index contributed by atoms with van der Waals surface area (Å²) in [5.41, 5.74) is 3.13. The van der Waals surface area contributed by atoms with E-state index >= 15 is 0 Å². The van der Waals surface area contributed by atoms with E-state index in [0.29, 0.717) is 22.9 Å². The average molecular weight is 552 g/mol.